The Hall–Kier alpha value is -0.810. The Morgan fingerprint density at radius 1 is 0.949 bits per heavy atom. The molecule has 2 N–H and O–H groups in total. The van der Waals surface area contributed by atoms with Gasteiger partial charge in [0.15, 0.2) is 6.29 Å². The summed E-state index contributed by atoms with van der Waals surface area (Å²) in [5.41, 5.74) is -2.93. The topological polar surface area (TPSA) is 113 Å². The molecule has 0 aromatic heterocycles. The van der Waals surface area contributed by atoms with Crippen LogP contribution in [0.3, 0.4) is 0 Å². The molecule has 8 rings (SSSR count). The van der Waals surface area contributed by atoms with Crippen LogP contribution in [0.2, 0.25) is 0 Å². The second-order valence-corrected chi connectivity index (χ2v) is 14.6. The molecule has 13 atom stereocenters. The molecule has 4 aliphatic carbocycles. The molecule has 4 heterocycles. The first kappa shape index (κ1) is 25.9. The molecule has 39 heavy (non-hydrogen) atoms. The van der Waals surface area contributed by atoms with Gasteiger partial charge in [-0.25, -0.2) is 0 Å². The highest BCUT2D eigenvalue weighted by molar-refractivity contribution is 5.73. The Labute approximate surface area is 230 Å². The molecule has 4 saturated carbocycles. The summed E-state index contributed by atoms with van der Waals surface area (Å²) >= 11 is 0. The molecule has 2 spiro atoms. The molecule has 0 amide bonds. The van der Waals surface area contributed by atoms with E-state index in [4.69, 9.17) is 28.4 Å². The second-order valence-electron chi connectivity index (χ2n) is 14.6. The van der Waals surface area contributed by atoms with Crippen LogP contribution in [0.15, 0.2) is 0 Å². The van der Waals surface area contributed by atoms with Gasteiger partial charge < -0.3 is 38.6 Å². The van der Waals surface area contributed by atoms with Gasteiger partial charge in [0, 0.05) is 17.8 Å². The molecule has 0 unspecified atom stereocenters. The normalized spacial score (nSPS) is 59.8. The number of carbonyl (C=O) groups excluding carboxylic acids is 1. The van der Waals surface area contributed by atoms with Crippen molar-refractivity contribution in [2.24, 2.45) is 28.6 Å². The van der Waals surface area contributed by atoms with Crippen LogP contribution in [0.1, 0.15) is 84.5 Å². The maximum atomic E-state index is 12.6. The standard InChI is InChI=1S/C30H44O9/c1-17-11-21-24(36-16-35-21)25(38-17)39-18-3-9-29(32)19-5-8-27-14-37-28(13-23(31)34-15-28)22(27)6-10-30(27,33)20(19)4-7-26(29,2)12-18/h17-22,24-25,32-33H,3-16H2,1-2H3/t17-,18+,19+,20+,21+,22-,24+,25+,26+,27-,28-,29+,30-/m0/s1. The smallest absolute Gasteiger partial charge is 0.308 e. The first-order valence-electron chi connectivity index (χ1n) is 15.4. The van der Waals surface area contributed by atoms with Crippen molar-refractivity contribution in [3.8, 4) is 0 Å². The summed E-state index contributed by atoms with van der Waals surface area (Å²) in [7, 11) is 0. The third-order valence-corrected chi connectivity index (χ3v) is 13.1. The van der Waals surface area contributed by atoms with Gasteiger partial charge in [-0.15, -0.1) is 0 Å². The average molecular weight is 549 g/mol. The summed E-state index contributed by atoms with van der Waals surface area (Å²) in [4.78, 5) is 12.1. The highest BCUT2D eigenvalue weighted by Gasteiger charge is 2.77. The zero-order chi connectivity index (χ0) is 26.8. The predicted octanol–water partition coefficient (Wildman–Crippen LogP) is 2.83. The highest BCUT2D eigenvalue weighted by Crippen LogP contribution is 2.73. The fourth-order valence-corrected chi connectivity index (χ4v) is 11.3. The summed E-state index contributed by atoms with van der Waals surface area (Å²) in [5, 5.41) is 25.1. The van der Waals surface area contributed by atoms with E-state index in [1.54, 1.807) is 0 Å². The zero-order valence-corrected chi connectivity index (χ0v) is 23.3. The molecule has 9 nitrogen and oxygen atoms in total. The van der Waals surface area contributed by atoms with Gasteiger partial charge in [-0.1, -0.05) is 6.92 Å². The highest BCUT2D eigenvalue weighted by atomic mass is 16.8. The third kappa shape index (κ3) is 3.30. The first-order chi connectivity index (χ1) is 18.6. The summed E-state index contributed by atoms with van der Waals surface area (Å²) in [6.07, 6.45) is 7.79. The number of fused-ring (bicyclic) bond motifs is 6. The molecule has 0 bridgehead atoms. The van der Waals surface area contributed by atoms with Crippen LogP contribution in [0.4, 0.5) is 0 Å². The molecule has 9 heteroatoms. The van der Waals surface area contributed by atoms with Crippen LogP contribution in [0, 0.1) is 28.6 Å². The summed E-state index contributed by atoms with van der Waals surface area (Å²) in [6.45, 7) is 5.39. The van der Waals surface area contributed by atoms with Crippen molar-refractivity contribution in [1.82, 2.24) is 0 Å². The Balaban J connectivity index is 1.02. The number of cyclic esters (lactones) is 1. The number of aliphatic hydroxyl groups is 2. The summed E-state index contributed by atoms with van der Waals surface area (Å²) in [6, 6.07) is 0. The molecular formula is C30H44O9. The lowest BCUT2D eigenvalue weighted by atomic mass is 9.42. The lowest BCUT2D eigenvalue weighted by Crippen LogP contribution is -2.69. The van der Waals surface area contributed by atoms with Crippen molar-refractivity contribution in [2.75, 3.05) is 20.0 Å². The van der Waals surface area contributed by atoms with Crippen LogP contribution >= 0.6 is 0 Å². The first-order valence-corrected chi connectivity index (χ1v) is 15.4. The Bertz CT molecular complexity index is 1040. The minimum absolute atomic E-state index is 0.0103. The van der Waals surface area contributed by atoms with Crippen molar-refractivity contribution in [3.05, 3.63) is 0 Å². The van der Waals surface area contributed by atoms with Crippen molar-refractivity contribution < 1.29 is 43.4 Å². The van der Waals surface area contributed by atoms with E-state index in [1.807, 2.05) is 0 Å². The monoisotopic (exact) mass is 548 g/mol. The van der Waals surface area contributed by atoms with Crippen molar-refractivity contribution in [1.29, 1.82) is 0 Å². The molecule has 4 saturated heterocycles. The third-order valence-electron chi connectivity index (χ3n) is 13.1. The van der Waals surface area contributed by atoms with Crippen molar-refractivity contribution >= 4 is 5.97 Å². The molecular weight excluding hydrogens is 504 g/mol. The Kier molecular flexibility index (Phi) is 5.56. The van der Waals surface area contributed by atoms with Gasteiger partial charge in [-0.3, -0.25) is 4.79 Å². The predicted molar refractivity (Wildman–Crippen MR) is 135 cm³/mol. The summed E-state index contributed by atoms with van der Waals surface area (Å²) in [5.74, 6) is 0.0360. The number of rotatable bonds is 2. The van der Waals surface area contributed by atoms with Gasteiger partial charge in [0.25, 0.3) is 0 Å². The molecule has 0 aromatic carbocycles. The van der Waals surface area contributed by atoms with Gasteiger partial charge in [0.1, 0.15) is 25.1 Å². The lowest BCUT2D eigenvalue weighted by molar-refractivity contribution is -0.294. The van der Waals surface area contributed by atoms with E-state index in [2.05, 4.69) is 13.8 Å². The van der Waals surface area contributed by atoms with E-state index in [0.29, 0.717) is 26.1 Å². The van der Waals surface area contributed by atoms with Gasteiger partial charge >= 0.3 is 5.97 Å². The number of ether oxygens (including phenoxy) is 6. The van der Waals surface area contributed by atoms with Gasteiger partial charge in [-0.2, -0.15) is 0 Å². The van der Waals surface area contributed by atoms with Gasteiger partial charge in [-0.05, 0) is 82.0 Å². The summed E-state index contributed by atoms with van der Waals surface area (Å²) < 4.78 is 36.1. The fraction of sp³-hybridized carbons (Fsp3) is 0.967. The zero-order valence-electron chi connectivity index (χ0n) is 23.3. The molecule has 4 aliphatic heterocycles. The van der Waals surface area contributed by atoms with Crippen LogP contribution in [-0.2, 0) is 33.2 Å². The largest absolute Gasteiger partial charge is 0.462 e. The number of esters is 1. The molecule has 0 radical (unpaired) electrons. The van der Waals surface area contributed by atoms with Crippen LogP contribution in [0.5, 0.6) is 0 Å². The molecule has 8 aliphatic rings. The maximum Gasteiger partial charge on any atom is 0.308 e. The Morgan fingerprint density at radius 3 is 2.56 bits per heavy atom. The minimum Gasteiger partial charge on any atom is -0.462 e. The quantitative estimate of drug-likeness (QED) is 0.397. The molecule has 8 fully saturated rings. The average Bonchev–Trinajstić information content (AvgIpc) is 3.64. The van der Waals surface area contributed by atoms with E-state index in [0.717, 1.165) is 57.8 Å². The van der Waals surface area contributed by atoms with Crippen molar-refractivity contribution in [3.63, 3.8) is 0 Å². The fourth-order valence-electron chi connectivity index (χ4n) is 11.3. The van der Waals surface area contributed by atoms with Crippen LogP contribution < -0.4 is 0 Å². The SMILES string of the molecule is C[C@H]1C[C@H]2OCO[C@H]2[C@@H](O[C@@H]2CC[C@@]3(O)[C@@H]4CC[C@]56CO[C@@]7(COC(=O)C7)[C@H]5CC[C@]6(O)[C@@H]4CC[C@]3(C)C2)O1. The lowest BCUT2D eigenvalue weighted by Gasteiger charge is -2.65. The molecule has 218 valence electrons. The van der Waals surface area contributed by atoms with Crippen LogP contribution in [0.25, 0.3) is 0 Å². The second kappa shape index (κ2) is 8.39. The van der Waals surface area contributed by atoms with Gasteiger partial charge in [0.2, 0.25) is 0 Å². The number of hydrogen-bond donors (Lipinski definition) is 2. The van der Waals surface area contributed by atoms with Crippen LogP contribution in [-0.4, -0.2) is 83.7 Å². The van der Waals surface area contributed by atoms with E-state index in [1.165, 1.54) is 0 Å². The number of carbonyl (C=O) groups is 1. The van der Waals surface area contributed by atoms with Crippen molar-refractivity contribution in [2.45, 2.75) is 132 Å². The van der Waals surface area contributed by atoms with E-state index in [9.17, 15) is 15.0 Å². The number of hydrogen-bond acceptors (Lipinski definition) is 9. The van der Waals surface area contributed by atoms with Gasteiger partial charge in [0.05, 0.1) is 42.5 Å². The van der Waals surface area contributed by atoms with E-state index in [-0.39, 0.29) is 65.8 Å². The van der Waals surface area contributed by atoms with E-state index < -0.39 is 23.1 Å². The minimum atomic E-state index is -0.874. The van der Waals surface area contributed by atoms with E-state index >= 15 is 0 Å². The Morgan fingerprint density at radius 2 is 1.74 bits per heavy atom. The molecule has 0 aromatic rings. The maximum absolute atomic E-state index is 12.6.